The molecule has 2 rings (SSSR count). The number of rotatable bonds is 5. The third-order valence-electron chi connectivity index (χ3n) is 2.68. The first-order valence-electron chi connectivity index (χ1n) is 6.28. The predicted octanol–water partition coefficient (Wildman–Crippen LogP) is 4.70. The summed E-state index contributed by atoms with van der Waals surface area (Å²) in [6.45, 7) is 0. The summed E-state index contributed by atoms with van der Waals surface area (Å²) >= 11 is 13.4. The molecule has 0 saturated carbocycles. The zero-order chi connectivity index (χ0) is 15.2. The highest BCUT2D eigenvalue weighted by Crippen LogP contribution is 2.26. The Hall–Kier alpha value is -1.36. The maximum atomic E-state index is 11.9. The number of nitrogens with one attached hydrogen (secondary N) is 1. The Labute approximate surface area is 137 Å². The van der Waals surface area contributed by atoms with Crippen molar-refractivity contribution < 1.29 is 4.79 Å². The number of halogens is 2. The lowest BCUT2D eigenvalue weighted by molar-refractivity contribution is -0.115. The smallest absolute Gasteiger partial charge is 0.225 e. The second kappa shape index (κ2) is 7.59. The first-order chi connectivity index (χ1) is 10.0. The lowest BCUT2D eigenvalue weighted by atomic mass is 10.3. The molecule has 0 aromatic heterocycles. The van der Waals surface area contributed by atoms with Gasteiger partial charge in [-0.05, 0) is 42.5 Å². The molecule has 110 valence electrons. The fraction of sp³-hybridized carbons (Fsp3) is 0.133. The van der Waals surface area contributed by atoms with Crippen LogP contribution in [0.3, 0.4) is 0 Å². The van der Waals surface area contributed by atoms with Gasteiger partial charge < -0.3 is 11.1 Å². The second-order valence-corrected chi connectivity index (χ2v) is 6.35. The molecule has 6 heteroatoms. The number of carbonyl (C=O) groups excluding carboxylic acids is 1. The molecule has 3 nitrogen and oxygen atoms in total. The van der Waals surface area contributed by atoms with Crippen LogP contribution >= 0.6 is 35.0 Å². The van der Waals surface area contributed by atoms with Gasteiger partial charge in [-0.25, -0.2) is 0 Å². The van der Waals surface area contributed by atoms with Gasteiger partial charge in [0, 0.05) is 27.8 Å². The fourth-order valence-corrected chi connectivity index (χ4v) is 2.94. The number of nitrogens with two attached hydrogens (primary N) is 1. The van der Waals surface area contributed by atoms with E-state index in [2.05, 4.69) is 5.32 Å². The van der Waals surface area contributed by atoms with E-state index in [1.807, 2.05) is 24.3 Å². The van der Waals surface area contributed by atoms with E-state index in [1.54, 1.807) is 30.0 Å². The van der Waals surface area contributed by atoms with Crippen molar-refractivity contribution in [2.75, 3.05) is 16.8 Å². The SMILES string of the molecule is Nc1ccc(SCCC(=O)Nc2ccc(Cl)cc2Cl)cc1. The van der Waals surface area contributed by atoms with E-state index in [0.717, 1.165) is 10.6 Å². The van der Waals surface area contributed by atoms with Crippen LogP contribution in [0.1, 0.15) is 6.42 Å². The molecule has 0 fully saturated rings. The Kier molecular flexibility index (Phi) is 5.79. The molecule has 0 radical (unpaired) electrons. The minimum Gasteiger partial charge on any atom is -0.399 e. The van der Waals surface area contributed by atoms with Gasteiger partial charge in [0.2, 0.25) is 5.91 Å². The highest BCUT2D eigenvalue weighted by molar-refractivity contribution is 7.99. The maximum absolute atomic E-state index is 11.9. The normalized spacial score (nSPS) is 10.4. The van der Waals surface area contributed by atoms with Gasteiger partial charge in [-0.2, -0.15) is 0 Å². The molecular weight excluding hydrogens is 327 g/mol. The monoisotopic (exact) mass is 340 g/mol. The van der Waals surface area contributed by atoms with Crippen molar-refractivity contribution in [1.82, 2.24) is 0 Å². The van der Waals surface area contributed by atoms with Crippen LogP contribution in [0.25, 0.3) is 0 Å². The van der Waals surface area contributed by atoms with Crippen LogP contribution in [0, 0.1) is 0 Å². The molecule has 0 atom stereocenters. The summed E-state index contributed by atoms with van der Waals surface area (Å²) in [6, 6.07) is 12.5. The van der Waals surface area contributed by atoms with E-state index in [0.29, 0.717) is 27.9 Å². The quantitative estimate of drug-likeness (QED) is 0.612. The van der Waals surface area contributed by atoms with Crippen LogP contribution < -0.4 is 11.1 Å². The number of thioether (sulfide) groups is 1. The number of anilines is 2. The average molecular weight is 341 g/mol. The number of benzene rings is 2. The van der Waals surface area contributed by atoms with Crippen molar-refractivity contribution in [2.45, 2.75) is 11.3 Å². The van der Waals surface area contributed by atoms with Gasteiger partial charge in [0.1, 0.15) is 0 Å². The zero-order valence-electron chi connectivity index (χ0n) is 11.1. The Morgan fingerprint density at radius 1 is 1.14 bits per heavy atom. The van der Waals surface area contributed by atoms with Crippen LogP contribution in [0.5, 0.6) is 0 Å². The standard InChI is InChI=1S/C15H14Cl2N2OS/c16-10-1-6-14(13(17)9-10)19-15(20)7-8-21-12-4-2-11(18)3-5-12/h1-6,9H,7-8,18H2,(H,19,20). The van der Waals surface area contributed by atoms with Gasteiger partial charge in [0.25, 0.3) is 0 Å². The molecule has 0 aliphatic heterocycles. The van der Waals surface area contributed by atoms with Gasteiger partial charge >= 0.3 is 0 Å². The van der Waals surface area contributed by atoms with Crippen molar-refractivity contribution in [1.29, 1.82) is 0 Å². The van der Waals surface area contributed by atoms with Gasteiger partial charge in [0.15, 0.2) is 0 Å². The van der Waals surface area contributed by atoms with E-state index < -0.39 is 0 Å². The topological polar surface area (TPSA) is 55.1 Å². The Morgan fingerprint density at radius 2 is 1.86 bits per heavy atom. The summed E-state index contributed by atoms with van der Waals surface area (Å²) in [5.74, 6) is 0.600. The van der Waals surface area contributed by atoms with E-state index >= 15 is 0 Å². The van der Waals surface area contributed by atoms with Crippen molar-refractivity contribution >= 4 is 52.2 Å². The van der Waals surface area contributed by atoms with Crippen molar-refractivity contribution in [2.24, 2.45) is 0 Å². The van der Waals surface area contributed by atoms with Crippen LogP contribution in [-0.2, 0) is 4.79 Å². The maximum Gasteiger partial charge on any atom is 0.225 e. The molecule has 0 spiro atoms. The molecule has 21 heavy (non-hydrogen) atoms. The Morgan fingerprint density at radius 3 is 2.52 bits per heavy atom. The molecule has 0 aliphatic carbocycles. The van der Waals surface area contributed by atoms with E-state index in [4.69, 9.17) is 28.9 Å². The zero-order valence-corrected chi connectivity index (χ0v) is 13.4. The molecule has 3 N–H and O–H groups in total. The highest BCUT2D eigenvalue weighted by Gasteiger charge is 2.06. The molecule has 0 unspecified atom stereocenters. The Bertz CT molecular complexity index is 632. The van der Waals surface area contributed by atoms with E-state index in [1.165, 1.54) is 0 Å². The number of amides is 1. The third kappa shape index (κ3) is 5.16. The van der Waals surface area contributed by atoms with Gasteiger partial charge in [-0.1, -0.05) is 23.2 Å². The van der Waals surface area contributed by atoms with Crippen LogP contribution in [0.2, 0.25) is 10.0 Å². The molecular formula is C15H14Cl2N2OS. The number of carbonyl (C=O) groups is 1. The Balaban J connectivity index is 1.81. The minimum atomic E-state index is -0.0813. The minimum absolute atomic E-state index is 0.0813. The molecule has 0 aliphatic rings. The van der Waals surface area contributed by atoms with Crippen LogP contribution in [0.15, 0.2) is 47.4 Å². The summed E-state index contributed by atoms with van der Waals surface area (Å²) in [7, 11) is 0. The molecule has 0 heterocycles. The lowest BCUT2D eigenvalue weighted by Crippen LogP contribution is -2.12. The number of hydrogen-bond acceptors (Lipinski definition) is 3. The van der Waals surface area contributed by atoms with Crippen LogP contribution in [-0.4, -0.2) is 11.7 Å². The largest absolute Gasteiger partial charge is 0.399 e. The number of nitrogen functional groups attached to an aromatic ring is 1. The predicted molar refractivity (Wildman–Crippen MR) is 91.3 cm³/mol. The van der Waals surface area contributed by atoms with Crippen LogP contribution in [0.4, 0.5) is 11.4 Å². The highest BCUT2D eigenvalue weighted by atomic mass is 35.5. The molecule has 0 saturated heterocycles. The molecule has 2 aromatic rings. The molecule has 0 bridgehead atoms. The molecule has 2 aromatic carbocycles. The van der Waals surface area contributed by atoms with Crippen molar-refractivity contribution in [3.63, 3.8) is 0 Å². The second-order valence-electron chi connectivity index (χ2n) is 4.34. The summed E-state index contributed by atoms with van der Waals surface area (Å²) in [6.07, 6.45) is 0.397. The molecule has 1 amide bonds. The first kappa shape index (κ1) is 16.0. The van der Waals surface area contributed by atoms with E-state index in [-0.39, 0.29) is 5.91 Å². The summed E-state index contributed by atoms with van der Waals surface area (Å²) < 4.78 is 0. The fourth-order valence-electron chi connectivity index (χ4n) is 1.63. The van der Waals surface area contributed by atoms with Crippen molar-refractivity contribution in [3.05, 3.63) is 52.5 Å². The van der Waals surface area contributed by atoms with Gasteiger partial charge in [0.05, 0.1) is 10.7 Å². The average Bonchev–Trinajstić information content (AvgIpc) is 2.44. The van der Waals surface area contributed by atoms with Gasteiger partial charge in [-0.15, -0.1) is 11.8 Å². The summed E-state index contributed by atoms with van der Waals surface area (Å²) in [5.41, 5.74) is 6.92. The van der Waals surface area contributed by atoms with Crippen molar-refractivity contribution in [3.8, 4) is 0 Å². The summed E-state index contributed by atoms with van der Waals surface area (Å²) in [5, 5.41) is 3.74. The first-order valence-corrected chi connectivity index (χ1v) is 8.02. The lowest BCUT2D eigenvalue weighted by Gasteiger charge is -2.07. The third-order valence-corrected chi connectivity index (χ3v) is 4.24. The van der Waals surface area contributed by atoms with E-state index in [9.17, 15) is 4.79 Å². The number of hydrogen-bond donors (Lipinski definition) is 2. The van der Waals surface area contributed by atoms with Gasteiger partial charge in [-0.3, -0.25) is 4.79 Å². The summed E-state index contributed by atoms with van der Waals surface area (Å²) in [4.78, 5) is 12.9.